The van der Waals surface area contributed by atoms with Gasteiger partial charge in [0, 0.05) is 29.8 Å². The number of anilines is 2. The van der Waals surface area contributed by atoms with Crippen LogP contribution in [0.4, 0.5) is 11.6 Å². The van der Waals surface area contributed by atoms with Gasteiger partial charge in [0.1, 0.15) is 5.75 Å². The molecular weight excluding hydrogens is 482 g/mol. The second-order valence-corrected chi connectivity index (χ2v) is 8.49. The smallest absolute Gasteiger partial charge is 0.265 e. The molecule has 5 aromatic rings. The van der Waals surface area contributed by atoms with Gasteiger partial charge in [-0.2, -0.15) is 10.2 Å². The van der Waals surface area contributed by atoms with Crippen molar-refractivity contribution in [2.45, 2.75) is 6.54 Å². The Morgan fingerprint density at radius 3 is 1.76 bits per heavy atom. The summed E-state index contributed by atoms with van der Waals surface area (Å²) in [6.07, 6.45) is 0. The number of nitrogens with zero attached hydrogens (tertiary/aromatic N) is 3. The van der Waals surface area contributed by atoms with Crippen molar-refractivity contribution < 1.29 is 14.3 Å². The summed E-state index contributed by atoms with van der Waals surface area (Å²) in [6, 6.07) is 24.9. The largest absolute Gasteiger partial charge is 0.497 e. The highest BCUT2D eigenvalue weighted by atomic mass is 16.5. The van der Waals surface area contributed by atoms with E-state index < -0.39 is 5.91 Å². The standard InChI is InChI=1S/C28H25N7O3/c1-38-22-12-10-19(11-13-22)24-15-26(34-32-24)35(28(37)21-8-6-20(7-9-21)27(30)36)25-14-23(31-33-25)18-4-2-17(16-29)3-5-18/h2-15H,16,29H2,1H3,(H2,30,36)(H,31,33)(H,32,34). The summed E-state index contributed by atoms with van der Waals surface area (Å²) in [5.41, 5.74) is 15.9. The fourth-order valence-corrected chi connectivity index (χ4v) is 3.97. The van der Waals surface area contributed by atoms with E-state index in [-0.39, 0.29) is 5.91 Å². The average Bonchev–Trinajstić information content (AvgIpc) is 3.64. The summed E-state index contributed by atoms with van der Waals surface area (Å²) < 4.78 is 5.24. The van der Waals surface area contributed by atoms with Crippen LogP contribution in [0, 0.1) is 0 Å². The molecule has 0 saturated heterocycles. The molecule has 0 aliphatic heterocycles. The Morgan fingerprint density at radius 2 is 1.29 bits per heavy atom. The van der Waals surface area contributed by atoms with Crippen LogP contribution in [-0.4, -0.2) is 39.3 Å². The Labute approximate surface area is 218 Å². The molecule has 0 unspecified atom stereocenters. The van der Waals surface area contributed by atoms with Gasteiger partial charge in [0.05, 0.1) is 18.5 Å². The zero-order chi connectivity index (χ0) is 26.6. The van der Waals surface area contributed by atoms with Crippen molar-refractivity contribution in [1.82, 2.24) is 20.4 Å². The van der Waals surface area contributed by atoms with E-state index in [0.717, 1.165) is 28.1 Å². The summed E-state index contributed by atoms with van der Waals surface area (Å²) in [7, 11) is 1.60. The quantitative estimate of drug-likeness (QED) is 0.249. The van der Waals surface area contributed by atoms with Gasteiger partial charge in [-0.25, -0.2) is 4.90 Å². The Balaban J connectivity index is 1.53. The summed E-state index contributed by atoms with van der Waals surface area (Å²) in [4.78, 5) is 26.7. The highest BCUT2D eigenvalue weighted by molar-refractivity contribution is 6.10. The Hall–Kier alpha value is -5.22. The fourth-order valence-electron chi connectivity index (χ4n) is 3.97. The van der Waals surface area contributed by atoms with Crippen molar-refractivity contribution in [2.24, 2.45) is 11.5 Å². The second-order valence-electron chi connectivity index (χ2n) is 8.49. The number of rotatable bonds is 8. The monoisotopic (exact) mass is 507 g/mol. The minimum absolute atomic E-state index is 0.303. The minimum atomic E-state index is -0.574. The number of nitrogens with one attached hydrogen (secondary N) is 2. The molecule has 0 radical (unpaired) electrons. The van der Waals surface area contributed by atoms with Crippen LogP contribution < -0.4 is 21.1 Å². The van der Waals surface area contributed by atoms with Crippen LogP contribution in [0.15, 0.2) is 84.9 Å². The molecule has 2 aromatic heterocycles. The normalized spacial score (nSPS) is 10.8. The third-order valence-corrected chi connectivity index (χ3v) is 6.11. The van der Waals surface area contributed by atoms with Gasteiger partial charge in [-0.3, -0.25) is 19.8 Å². The SMILES string of the molecule is COc1ccc(-c2cc(N(C(=O)c3ccc(C(N)=O)cc3)c3cc(-c4ccc(CN)cc4)[nH]n3)n[nH]2)cc1. The van der Waals surface area contributed by atoms with Gasteiger partial charge in [-0.15, -0.1) is 0 Å². The summed E-state index contributed by atoms with van der Waals surface area (Å²) in [6.45, 7) is 0.445. The molecule has 0 fully saturated rings. The highest BCUT2D eigenvalue weighted by Crippen LogP contribution is 2.31. The van der Waals surface area contributed by atoms with Crippen LogP contribution in [-0.2, 0) is 6.54 Å². The number of hydrogen-bond acceptors (Lipinski definition) is 6. The molecule has 2 amide bonds. The van der Waals surface area contributed by atoms with E-state index in [1.54, 1.807) is 31.4 Å². The predicted molar refractivity (Wildman–Crippen MR) is 144 cm³/mol. The van der Waals surface area contributed by atoms with E-state index in [1.165, 1.54) is 17.0 Å². The number of aromatic amines is 2. The maximum absolute atomic E-state index is 13.8. The number of ether oxygens (including phenoxy) is 1. The number of amides is 2. The second kappa shape index (κ2) is 10.4. The first-order chi connectivity index (χ1) is 18.5. The third kappa shape index (κ3) is 4.88. The summed E-state index contributed by atoms with van der Waals surface area (Å²) in [5.74, 6) is 0.462. The van der Waals surface area contributed by atoms with Crippen LogP contribution >= 0.6 is 0 Å². The van der Waals surface area contributed by atoms with Crippen molar-refractivity contribution in [2.75, 3.05) is 12.0 Å². The number of methoxy groups -OCH3 is 1. The molecular formula is C28H25N7O3. The third-order valence-electron chi connectivity index (χ3n) is 6.11. The van der Waals surface area contributed by atoms with Crippen molar-refractivity contribution in [3.8, 4) is 28.3 Å². The Morgan fingerprint density at radius 1 is 0.789 bits per heavy atom. The highest BCUT2D eigenvalue weighted by Gasteiger charge is 2.25. The molecule has 38 heavy (non-hydrogen) atoms. The average molecular weight is 508 g/mol. The number of nitrogens with two attached hydrogens (primary N) is 2. The van der Waals surface area contributed by atoms with Crippen molar-refractivity contribution in [3.05, 3.63) is 102 Å². The number of carbonyl (C=O) groups is 2. The van der Waals surface area contributed by atoms with Gasteiger partial charge < -0.3 is 16.2 Å². The van der Waals surface area contributed by atoms with Crippen molar-refractivity contribution in [3.63, 3.8) is 0 Å². The molecule has 190 valence electrons. The van der Waals surface area contributed by atoms with E-state index in [2.05, 4.69) is 20.4 Å². The van der Waals surface area contributed by atoms with Crippen molar-refractivity contribution >= 4 is 23.5 Å². The van der Waals surface area contributed by atoms with E-state index >= 15 is 0 Å². The maximum atomic E-state index is 13.8. The van der Waals surface area contributed by atoms with Gasteiger partial charge in [0.25, 0.3) is 5.91 Å². The summed E-state index contributed by atoms with van der Waals surface area (Å²) in [5, 5.41) is 14.8. The molecule has 0 spiro atoms. The van der Waals surface area contributed by atoms with Gasteiger partial charge in [-0.1, -0.05) is 24.3 Å². The molecule has 2 heterocycles. The summed E-state index contributed by atoms with van der Waals surface area (Å²) >= 11 is 0. The number of benzene rings is 3. The number of hydrogen-bond donors (Lipinski definition) is 4. The lowest BCUT2D eigenvalue weighted by molar-refractivity contribution is 0.0987. The topological polar surface area (TPSA) is 156 Å². The number of H-pyrrole nitrogens is 2. The van der Waals surface area contributed by atoms with Crippen LogP contribution in [0.1, 0.15) is 26.3 Å². The Bertz CT molecular complexity index is 1480. The minimum Gasteiger partial charge on any atom is -0.497 e. The molecule has 5 rings (SSSR count). The molecule has 0 saturated carbocycles. The van der Waals surface area contributed by atoms with Gasteiger partial charge in [0.2, 0.25) is 5.91 Å². The van der Waals surface area contributed by atoms with Gasteiger partial charge >= 0.3 is 0 Å². The van der Waals surface area contributed by atoms with Crippen LogP contribution in [0.25, 0.3) is 22.5 Å². The van der Waals surface area contributed by atoms with E-state index in [4.69, 9.17) is 16.2 Å². The molecule has 10 nitrogen and oxygen atoms in total. The lowest BCUT2D eigenvalue weighted by Crippen LogP contribution is -2.27. The van der Waals surface area contributed by atoms with Crippen molar-refractivity contribution in [1.29, 1.82) is 0 Å². The molecule has 0 aliphatic carbocycles. The molecule has 6 N–H and O–H groups in total. The molecule has 3 aromatic carbocycles. The van der Waals surface area contributed by atoms with Gasteiger partial charge in [0.15, 0.2) is 11.6 Å². The van der Waals surface area contributed by atoms with Crippen LogP contribution in [0.2, 0.25) is 0 Å². The first kappa shape index (κ1) is 24.5. The zero-order valence-electron chi connectivity index (χ0n) is 20.5. The predicted octanol–water partition coefficient (Wildman–Crippen LogP) is 4.01. The van der Waals surface area contributed by atoms with Crippen LogP contribution in [0.3, 0.4) is 0 Å². The molecule has 0 atom stereocenters. The molecule has 0 aliphatic rings. The van der Waals surface area contributed by atoms with E-state index in [1.807, 2.05) is 48.5 Å². The first-order valence-corrected chi connectivity index (χ1v) is 11.8. The zero-order valence-corrected chi connectivity index (χ0v) is 20.5. The fraction of sp³-hybridized carbons (Fsp3) is 0.0714. The number of primary amides is 1. The number of aromatic nitrogens is 4. The van der Waals surface area contributed by atoms with E-state index in [9.17, 15) is 9.59 Å². The Kier molecular flexibility index (Phi) is 6.70. The lowest BCUT2D eigenvalue weighted by Gasteiger charge is -2.17. The maximum Gasteiger partial charge on any atom is 0.265 e. The van der Waals surface area contributed by atoms with Crippen LogP contribution in [0.5, 0.6) is 5.75 Å². The van der Waals surface area contributed by atoms with E-state index in [0.29, 0.717) is 35.0 Å². The molecule has 10 heteroatoms. The first-order valence-electron chi connectivity index (χ1n) is 11.8. The molecule has 0 bridgehead atoms. The lowest BCUT2D eigenvalue weighted by atomic mass is 10.1. The van der Waals surface area contributed by atoms with Gasteiger partial charge in [-0.05, 0) is 65.2 Å². The number of carbonyl (C=O) groups excluding carboxylic acids is 2.